The highest BCUT2D eigenvalue weighted by molar-refractivity contribution is 9.10. The van der Waals surface area contributed by atoms with Crippen LogP contribution < -0.4 is 4.74 Å². The number of benzene rings is 2. The van der Waals surface area contributed by atoms with E-state index < -0.39 is 0 Å². The topological polar surface area (TPSA) is 29.5 Å². The molecular weight excluding hydrogens is 280 g/mol. The van der Waals surface area contributed by atoms with Gasteiger partial charge in [0.05, 0.1) is 0 Å². The van der Waals surface area contributed by atoms with Gasteiger partial charge in [-0.15, -0.1) is 0 Å². The van der Waals surface area contributed by atoms with Crippen LogP contribution in [0.2, 0.25) is 0 Å². The third-order valence-corrected chi connectivity index (χ3v) is 2.90. The Labute approximate surface area is 109 Å². The van der Waals surface area contributed by atoms with Crippen LogP contribution in [0.1, 0.15) is 5.56 Å². The van der Waals surface area contributed by atoms with E-state index in [2.05, 4.69) is 15.9 Å². The molecule has 0 saturated heterocycles. The molecule has 0 aliphatic rings. The van der Waals surface area contributed by atoms with Crippen LogP contribution in [0.4, 0.5) is 0 Å². The van der Waals surface area contributed by atoms with Crippen molar-refractivity contribution in [2.24, 2.45) is 0 Å². The molecule has 0 unspecified atom stereocenters. The Kier molecular flexibility index (Phi) is 4.18. The Morgan fingerprint density at radius 1 is 0.882 bits per heavy atom. The van der Waals surface area contributed by atoms with Crippen molar-refractivity contribution in [2.45, 2.75) is 6.42 Å². The largest absolute Gasteiger partial charge is 0.457 e. The molecule has 0 heterocycles. The van der Waals surface area contributed by atoms with Crippen LogP contribution in [0.15, 0.2) is 53.0 Å². The fourth-order valence-electron chi connectivity index (χ4n) is 1.49. The zero-order valence-electron chi connectivity index (χ0n) is 9.27. The maximum absolute atomic E-state index is 8.81. The minimum absolute atomic E-state index is 0.174. The summed E-state index contributed by atoms with van der Waals surface area (Å²) < 4.78 is 6.71. The first-order chi connectivity index (χ1) is 8.28. The molecule has 17 heavy (non-hydrogen) atoms. The standard InChI is InChI=1S/C14H13BrO2/c15-12-3-7-14(8-4-12)17-13-5-1-11(2-6-13)9-10-16/h1-8,16H,9-10H2. The molecule has 2 rings (SSSR count). The summed E-state index contributed by atoms with van der Waals surface area (Å²) in [6.45, 7) is 0.174. The highest BCUT2D eigenvalue weighted by Crippen LogP contribution is 2.23. The van der Waals surface area contributed by atoms with E-state index in [1.165, 1.54) is 0 Å². The Morgan fingerprint density at radius 3 is 1.94 bits per heavy atom. The summed E-state index contributed by atoms with van der Waals surface area (Å²) in [6, 6.07) is 15.4. The Hall–Kier alpha value is -1.32. The number of ether oxygens (including phenoxy) is 1. The maximum Gasteiger partial charge on any atom is 0.127 e. The van der Waals surface area contributed by atoms with Gasteiger partial charge in [0.2, 0.25) is 0 Å². The first-order valence-corrected chi connectivity index (χ1v) is 6.20. The summed E-state index contributed by atoms with van der Waals surface area (Å²) in [6.07, 6.45) is 0.679. The fourth-order valence-corrected chi connectivity index (χ4v) is 1.76. The molecule has 0 aromatic heterocycles. The molecule has 0 aliphatic heterocycles. The summed E-state index contributed by atoms with van der Waals surface area (Å²) >= 11 is 3.38. The maximum atomic E-state index is 8.81. The van der Waals surface area contributed by atoms with Crippen molar-refractivity contribution in [1.82, 2.24) is 0 Å². The molecule has 3 heteroatoms. The fraction of sp³-hybridized carbons (Fsp3) is 0.143. The molecule has 2 nitrogen and oxygen atoms in total. The number of aliphatic hydroxyl groups is 1. The van der Waals surface area contributed by atoms with Crippen molar-refractivity contribution in [3.05, 3.63) is 58.6 Å². The zero-order valence-corrected chi connectivity index (χ0v) is 10.9. The number of hydrogen-bond acceptors (Lipinski definition) is 2. The van der Waals surface area contributed by atoms with E-state index in [1.807, 2.05) is 48.5 Å². The third kappa shape index (κ3) is 3.58. The second kappa shape index (κ2) is 5.84. The molecule has 0 spiro atoms. The van der Waals surface area contributed by atoms with Gasteiger partial charge in [-0.1, -0.05) is 28.1 Å². The summed E-state index contributed by atoms with van der Waals surface area (Å²) in [4.78, 5) is 0. The quantitative estimate of drug-likeness (QED) is 0.929. The molecule has 0 fully saturated rings. The highest BCUT2D eigenvalue weighted by Gasteiger charge is 1.98. The van der Waals surface area contributed by atoms with Gasteiger partial charge in [-0.25, -0.2) is 0 Å². The van der Waals surface area contributed by atoms with Crippen molar-refractivity contribution in [2.75, 3.05) is 6.61 Å². The van der Waals surface area contributed by atoms with E-state index in [9.17, 15) is 0 Å². The highest BCUT2D eigenvalue weighted by atomic mass is 79.9. The van der Waals surface area contributed by atoms with Crippen LogP contribution in [0.25, 0.3) is 0 Å². The number of aliphatic hydroxyl groups excluding tert-OH is 1. The molecule has 1 N–H and O–H groups in total. The molecule has 0 radical (unpaired) electrons. The minimum atomic E-state index is 0.174. The molecule has 88 valence electrons. The van der Waals surface area contributed by atoms with Gasteiger partial charge in [0.25, 0.3) is 0 Å². The van der Waals surface area contributed by atoms with Crippen LogP contribution in [0.3, 0.4) is 0 Å². The average molecular weight is 293 g/mol. The Morgan fingerprint density at radius 2 is 1.41 bits per heavy atom. The lowest BCUT2D eigenvalue weighted by molar-refractivity contribution is 0.299. The second-order valence-corrected chi connectivity index (χ2v) is 4.59. The van der Waals surface area contributed by atoms with Gasteiger partial charge in [-0.2, -0.15) is 0 Å². The van der Waals surface area contributed by atoms with Crippen LogP contribution >= 0.6 is 15.9 Å². The van der Waals surface area contributed by atoms with Gasteiger partial charge in [-0.3, -0.25) is 0 Å². The van der Waals surface area contributed by atoms with E-state index in [4.69, 9.17) is 9.84 Å². The Bertz CT molecular complexity index is 463. The average Bonchev–Trinajstić information content (AvgIpc) is 2.35. The summed E-state index contributed by atoms with van der Waals surface area (Å²) in [5, 5.41) is 8.81. The summed E-state index contributed by atoms with van der Waals surface area (Å²) in [5.41, 5.74) is 1.11. The first kappa shape index (κ1) is 12.1. The van der Waals surface area contributed by atoms with Crippen molar-refractivity contribution >= 4 is 15.9 Å². The van der Waals surface area contributed by atoms with Crippen molar-refractivity contribution in [3.63, 3.8) is 0 Å². The van der Waals surface area contributed by atoms with E-state index in [1.54, 1.807) is 0 Å². The molecule has 0 bridgehead atoms. The zero-order chi connectivity index (χ0) is 12.1. The number of hydrogen-bond donors (Lipinski definition) is 1. The van der Waals surface area contributed by atoms with Gasteiger partial charge < -0.3 is 9.84 Å². The third-order valence-electron chi connectivity index (χ3n) is 2.37. The van der Waals surface area contributed by atoms with E-state index in [-0.39, 0.29) is 6.61 Å². The van der Waals surface area contributed by atoms with Crippen molar-refractivity contribution in [3.8, 4) is 11.5 Å². The van der Waals surface area contributed by atoms with Crippen LogP contribution in [-0.4, -0.2) is 11.7 Å². The molecule has 2 aromatic carbocycles. The number of rotatable bonds is 4. The Balaban J connectivity index is 2.05. The van der Waals surface area contributed by atoms with Gasteiger partial charge in [0.15, 0.2) is 0 Å². The van der Waals surface area contributed by atoms with Crippen molar-refractivity contribution < 1.29 is 9.84 Å². The normalized spacial score (nSPS) is 10.2. The summed E-state index contributed by atoms with van der Waals surface area (Å²) in [5.74, 6) is 1.61. The smallest absolute Gasteiger partial charge is 0.127 e. The lowest BCUT2D eigenvalue weighted by Crippen LogP contribution is -1.90. The van der Waals surface area contributed by atoms with E-state index in [0.717, 1.165) is 21.5 Å². The number of halogens is 1. The monoisotopic (exact) mass is 292 g/mol. The SMILES string of the molecule is OCCc1ccc(Oc2ccc(Br)cc2)cc1. The van der Waals surface area contributed by atoms with Crippen LogP contribution in [0.5, 0.6) is 11.5 Å². The van der Waals surface area contributed by atoms with E-state index >= 15 is 0 Å². The van der Waals surface area contributed by atoms with E-state index in [0.29, 0.717) is 6.42 Å². The van der Waals surface area contributed by atoms with Crippen molar-refractivity contribution in [1.29, 1.82) is 0 Å². The first-order valence-electron chi connectivity index (χ1n) is 5.41. The van der Waals surface area contributed by atoms with Gasteiger partial charge in [0, 0.05) is 11.1 Å². The van der Waals surface area contributed by atoms with Gasteiger partial charge in [0.1, 0.15) is 11.5 Å². The molecular formula is C14H13BrO2. The summed E-state index contributed by atoms with van der Waals surface area (Å²) in [7, 11) is 0. The predicted octanol–water partition coefficient (Wildman–Crippen LogP) is 3.78. The molecule has 0 saturated carbocycles. The lowest BCUT2D eigenvalue weighted by atomic mass is 10.1. The molecule has 0 amide bonds. The van der Waals surface area contributed by atoms with Crippen LogP contribution in [-0.2, 0) is 6.42 Å². The van der Waals surface area contributed by atoms with Gasteiger partial charge in [-0.05, 0) is 48.4 Å². The van der Waals surface area contributed by atoms with Crippen LogP contribution in [0, 0.1) is 0 Å². The van der Waals surface area contributed by atoms with Gasteiger partial charge >= 0.3 is 0 Å². The minimum Gasteiger partial charge on any atom is -0.457 e. The molecule has 2 aromatic rings. The lowest BCUT2D eigenvalue weighted by Gasteiger charge is -2.06. The predicted molar refractivity (Wildman–Crippen MR) is 71.4 cm³/mol. The molecule has 0 aliphatic carbocycles. The second-order valence-electron chi connectivity index (χ2n) is 3.67. The molecule has 0 atom stereocenters.